The molecule has 24 heavy (non-hydrogen) atoms. The van der Waals surface area contributed by atoms with Crippen LogP contribution in [0.5, 0.6) is 0 Å². The first-order chi connectivity index (χ1) is 11.8. The van der Waals surface area contributed by atoms with Crippen LogP contribution in [0.15, 0.2) is 48.7 Å². The molecule has 1 N–H and O–H groups in total. The Morgan fingerprint density at radius 2 is 2.04 bits per heavy atom. The molecule has 0 saturated carbocycles. The Kier molecular flexibility index (Phi) is 5.38. The van der Waals surface area contributed by atoms with Crippen molar-refractivity contribution in [3.8, 4) is 10.7 Å². The minimum atomic E-state index is 0.818. The molecule has 0 saturated heterocycles. The molecule has 3 aromatic rings. The molecule has 2 heterocycles. The van der Waals surface area contributed by atoms with Crippen LogP contribution in [0.3, 0.4) is 0 Å². The van der Waals surface area contributed by atoms with E-state index in [9.17, 15) is 0 Å². The van der Waals surface area contributed by atoms with Crippen molar-refractivity contribution in [2.75, 3.05) is 29.9 Å². The van der Waals surface area contributed by atoms with Gasteiger partial charge in [0.1, 0.15) is 5.69 Å². The molecule has 0 unspecified atom stereocenters. The predicted octanol–water partition coefficient (Wildman–Crippen LogP) is 3.85. The minimum Gasteiger partial charge on any atom is -0.370 e. The smallest absolute Gasteiger partial charge is 0.206 e. The van der Waals surface area contributed by atoms with Gasteiger partial charge in [-0.25, -0.2) is 0 Å². The molecule has 6 heteroatoms. The molecule has 5 nitrogen and oxygen atoms in total. The third-order valence-corrected chi connectivity index (χ3v) is 4.62. The predicted molar refractivity (Wildman–Crippen MR) is 101 cm³/mol. The maximum absolute atomic E-state index is 4.30. The van der Waals surface area contributed by atoms with E-state index in [2.05, 4.69) is 63.5 Å². The van der Waals surface area contributed by atoms with Crippen molar-refractivity contribution in [2.24, 2.45) is 0 Å². The molecule has 0 aliphatic carbocycles. The molecular weight excluding hydrogens is 318 g/mol. The lowest BCUT2D eigenvalue weighted by Crippen LogP contribution is -2.28. The highest BCUT2D eigenvalue weighted by Gasteiger charge is 2.08. The van der Waals surface area contributed by atoms with Crippen molar-refractivity contribution in [3.63, 3.8) is 0 Å². The zero-order chi connectivity index (χ0) is 16.8. The number of aryl methyl sites for hydroxylation is 1. The maximum Gasteiger partial charge on any atom is 0.206 e. The second-order valence-corrected chi connectivity index (χ2v) is 6.45. The molecule has 0 radical (unpaired) electrons. The monoisotopic (exact) mass is 339 g/mol. The fourth-order valence-corrected chi connectivity index (χ4v) is 3.23. The van der Waals surface area contributed by atoms with Gasteiger partial charge in [0.2, 0.25) is 5.13 Å². The first-order valence-electron chi connectivity index (χ1n) is 8.06. The van der Waals surface area contributed by atoms with Crippen molar-refractivity contribution in [3.05, 3.63) is 54.2 Å². The van der Waals surface area contributed by atoms with E-state index in [4.69, 9.17) is 0 Å². The molecule has 0 bridgehead atoms. The van der Waals surface area contributed by atoms with E-state index in [0.29, 0.717) is 0 Å². The summed E-state index contributed by atoms with van der Waals surface area (Å²) in [5, 5.41) is 13.4. The molecule has 0 atom stereocenters. The summed E-state index contributed by atoms with van der Waals surface area (Å²) in [4.78, 5) is 6.65. The van der Waals surface area contributed by atoms with Crippen molar-refractivity contribution in [2.45, 2.75) is 13.8 Å². The second kappa shape index (κ2) is 7.88. The normalized spacial score (nSPS) is 10.6. The zero-order valence-electron chi connectivity index (χ0n) is 13.9. The van der Waals surface area contributed by atoms with E-state index < -0.39 is 0 Å². The Bertz CT molecular complexity index is 772. The topological polar surface area (TPSA) is 53.9 Å². The summed E-state index contributed by atoms with van der Waals surface area (Å²) in [5.74, 6) is 0. The molecule has 0 spiro atoms. The number of rotatable bonds is 7. The highest BCUT2D eigenvalue weighted by Crippen LogP contribution is 2.24. The van der Waals surface area contributed by atoms with Crippen molar-refractivity contribution in [1.82, 2.24) is 15.2 Å². The largest absolute Gasteiger partial charge is 0.370 e. The SMILES string of the molecule is CCN(CCNc1nnc(-c2ccccn2)s1)c1cccc(C)c1. The molecule has 124 valence electrons. The van der Waals surface area contributed by atoms with E-state index in [1.165, 1.54) is 22.6 Å². The van der Waals surface area contributed by atoms with Crippen LogP contribution in [-0.4, -0.2) is 34.8 Å². The molecule has 3 rings (SSSR count). The summed E-state index contributed by atoms with van der Waals surface area (Å²) < 4.78 is 0. The Morgan fingerprint density at radius 3 is 2.79 bits per heavy atom. The molecule has 0 fully saturated rings. The van der Waals surface area contributed by atoms with Gasteiger partial charge in [-0.05, 0) is 43.7 Å². The third kappa shape index (κ3) is 4.08. The average Bonchev–Trinajstić information content (AvgIpc) is 3.08. The number of benzene rings is 1. The Hall–Kier alpha value is -2.47. The van der Waals surface area contributed by atoms with Crippen LogP contribution in [0.4, 0.5) is 10.8 Å². The van der Waals surface area contributed by atoms with Gasteiger partial charge in [0, 0.05) is 31.5 Å². The third-order valence-electron chi connectivity index (χ3n) is 3.72. The van der Waals surface area contributed by atoms with Gasteiger partial charge in [-0.2, -0.15) is 0 Å². The zero-order valence-corrected chi connectivity index (χ0v) is 14.8. The van der Waals surface area contributed by atoms with Crippen LogP contribution in [-0.2, 0) is 0 Å². The molecular formula is C18H21N5S. The summed E-state index contributed by atoms with van der Waals surface area (Å²) >= 11 is 1.53. The van der Waals surface area contributed by atoms with Gasteiger partial charge in [-0.15, -0.1) is 10.2 Å². The first kappa shape index (κ1) is 16.4. The lowest BCUT2D eigenvalue weighted by molar-refractivity contribution is 0.832. The molecule has 2 aromatic heterocycles. The number of aromatic nitrogens is 3. The molecule has 0 amide bonds. The van der Waals surface area contributed by atoms with Crippen molar-refractivity contribution >= 4 is 22.2 Å². The van der Waals surface area contributed by atoms with Gasteiger partial charge >= 0.3 is 0 Å². The van der Waals surface area contributed by atoms with Crippen molar-refractivity contribution < 1.29 is 0 Å². The summed E-state index contributed by atoms with van der Waals surface area (Å²) in [7, 11) is 0. The minimum absolute atomic E-state index is 0.818. The fraction of sp³-hybridized carbons (Fsp3) is 0.278. The summed E-state index contributed by atoms with van der Waals surface area (Å²) in [6.07, 6.45) is 1.77. The lowest BCUT2D eigenvalue weighted by Gasteiger charge is -2.23. The number of anilines is 2. The Balaban J connectivity index is 1.57. The molecule has 0 aliphatic rings. The van der Waals surface area contributed by atoms with E-state index in [1.54, 1.807) is 6.20 Å². The number of hydrogen-bond acceptors (Lipinski definition) is 6. The molecule has 0 aliphatic heterocycles. The number of nitrogens with one attached hydrogen (secondary N) is 1. The van der Waals surface area contributed by atoms with Gasteiger partial charge in [0.15, 0.2) is 5.01 Å². The van der Waals surface area contributed by atoms with Crippen LogP contribution in [0, 0.1) is 6.92 Å². The van der Waals surface area contributed by atoms with E-state index in [1.807, 2.05) is 18.2 Å². The van der Waals surface area contributed by atoms with Crippen LogP contribution in [0.25, 0.3) is 10.7 Å². The van der Waals surface area contributed by atoms with Gasteiger partial charge < -0.3 is 10.2 Å². The van der Waals surface area contributed by atoms with Crippen LogP contribution < -0.4 is 10.2 Å². The van der Waals surface area contributed by atoms with Crippen molar-refractivity contribution in [1.29, 1.82) is 0 Å². The highest BCUT2D eigenvalue weighted by molar-refractivity contribution is 7.18. The summed E-state index contributed by atoms with van der Waals surface area (Å²) in [6.45, 7) is 7.00. The van der Waals surface area contributed by atoms with Crippen LogP contribution in [0.2, 0.25) is 0 Å². The highest BCUT2D eigenvalue weighted by atomic mass is 32.1. The number of pyridine rings is 1. The summed E-state index contributed by atoms with van der Waals surface area (Å²) in [5.41, 5.74) is 3.40. The number of hydrogen-bond donors (Lipinski definition) is 1. The molecule has 1 aromatic carbocycles. The van der Waals surface area contributed by atoms with E-state index in [-0.39, 0.29) is 0 Å². The quantitative estimate of drug-likeness (QED) is 0.708. The van der Waals surface area contributed by atoms with E-state index >= 15 is 0 Å². The van der Waals surface area contributed by atoms with Gasteiger partial charge in [-0.1, -0.05) is 29.5 Å². The van der Waals surface area contributed by atoms with Crippen LogP contribution in [0.1, 0.15) is 12.5 Å². The Morgan fingerprint density at radius 1 is 1.12 bits per heavy atom. The first-order valence-corrected chi connectivity index (χ1v) is 8.88. The summed E-state index contributed by atoms with van der Waals surface area (Å²) in [6, 6.07) is 14.4. The van der Waals surface area contributed by atoms with Gasteiger partial charge in [-0.3, -0.25) is 4.98 Å². The van der Waals surface area contributed by atoms with Gasteiger partial charge in [0.05, 0.1) is 0 Å². The number of likely N-dealkylation sites (N-methyl/N-ethyl adjacent to an activating group) is 1. The fourth-order valence-electron chi connectivity index (χ4n) is 2.48. The lowest BCUT2D eigenvalue weighted by atomic mass is 10.2. The average molecular weight is 339 g/mol. The number of nitrogens with zero attached hydrogens (tertiary/aromatic N) is 4. The standard InChI is InChI=1S/C18H21N5S/c1-3-23(15-8-6-7-14(2)13-15)12-11-20-18-22-21-17(24-18)16-9-4-5-10-19-16/h4-10,13H,3,11-12H2,1-2H3,(H,20,22). The van der Waals surface area contributed by atoms with Crippen LogP contribution >= 0.6 is 11.3 Å². The second-order valence-electron chi connectivity index (χ2n) is 5.47. The Labute approximate surface area is 146 Å². The van der Waals surface area contributed by atoms with E-state index in [0.717, 1.165) is 35.5 Å². The van der Waals surface area contributed by atoms with Gasteiger partial charge in [0.25, 0.3) is 0 Å². The maximum atomic E-state index is 4.30.